The molecule has 0 aromatic carbocycles. The Morgan fingerprint density at radius 2 is 1.94 bits per heavy atom. The molecule has 2 heterocycles. The molecule has 2 aromatic heterocycles. The minimum atomic E-state index is -4.42. The maximum atomic E-state index is 12.3. The van der Waals surface area contributed by atoms with E-state index in [2.05, 4.69) is 15.0 Å². The third kappa shape index (κ3) is 2.44. The maximum absolute atomic E-state index is 12.3. The molecule has 0 atom stereocenters. The second kappa shape index (κ2) is 4.17. The summed E-state index contributed by atoms with van der Waals surface area (Å²) in [4.78, 5) is 10.2. The zero-order valence-electron chi connectivity index (χ0n) is 8.62. The van der Waals surface area contributed by atoms with Crippen molar-refractivity contribution in [2.75, 3.05) is 0 Å². The maximum Gasteiger partial charge on any atom is 0.433 e. The number of nitrogens with two attached hydrogens (primary N) is 1. The van der Waals surface area contributed by atoms with Gasteiger partial charge < -0.3 is 10.7 Å². The highest BCUT2D eigenvalue weighted by molar-refractivity contribution is 5.57. The molecular formula is C10H9F3N4. The third-order valence-corrected chi connectivity index (χ3v) is 2.19. The van der Waals surface area contributed by atoms with E-state index in [9.17, 15) is 13.2 Å². The lowest BCUT2D eigenvalue weighted by molar-refractivity contribution is -0.141. The number of imidazole rings is 1. The molecule has 0 aliphatic carbocycles. The predicted molar refractivity (Wildman–Crippen MR) is 54.7 cm³/mol. The van der Waals surface area contributed by atoms with E-state index in [1.165, 1.54) is 12.3 Å². The van der Waals surface area contributed by atoms with Crippen LogP contribution in [0.15, 0.2) is 24.5 Å². The van der Waals surface area contributed by atoms with Crippen LogP contribution < -0.4 is 5.73 Å². The second-order valence-electron chi connectivity index (χ2n) is 3.38. The van der Waals surface area contributed by atoms with Gasteiger partial charge in [-0.2, -0.15) is 13.2 Å². The Bertz CT molecular complexity index is 501. The van der Waals surface area contributed by atoms with Gasteiger partial charge in [0.05, 0.1) is 18.4 Å². The normalized spacial score (nSPS) is 11.8. The topological polar surface area (TPSA) is 67.6 Å². The molecule has 0 saturated heterocycles. The molecule has 3 N–H and O–H groups in total. The van der Waals surface area contributed by atoms with Gasteiger partial charge in [0.15, 0.2) is 0 Å². The van der Waals surface area contributed by atoms with Crippen LogP contribution in [0.25, 0.3) is 11.3 Å². The van der Waals surface area contributed by atoms with E-state index in [0.717, 1.165) is 12.3 Å². The summed E-state index contributed by atoms with van der Waals surface area (Å²) >= 11 is 0. The van der Waals surface area contributed by atoms with Crippen LogP contribution in [0.2, 0.25) is 0 Å². The number of rotatable bonds is 2. The van der Waals surface area contributed by atoms with Crippen molar-refractivity contribution in [2.45, 2.75) is 12.7 Å². The first-order valence-corrected chi connectivity index (χ1v) is 4.78. The lowest BCUT2D eigenvalue weighted by Crippen LogP contribution is -2.07. The van der Waals surface area contributed by atoms with Crippen LogP contribution in [-0.2, 0) is 12.7 Å². The number of nitrogens with zero attached hydrogens (tertiary/aromatic N) is 2. The fourth-order valence-electron chi connectivity index (χ4n) is 1.33. The Labute approximate surface area is 94.7 Å². The van der Waals surface area contributed by atoms with Gasteiger partial charge in [-0.3, -0.25) is 4.98 Å². The average molecular weight is 242 g/mol. The van der Waals surface area contributed by atoms with Crippen LogP contribution in [-0.4, -0.2) is 15.0 Å². The van der Waals surface area contributed by atoms with Crippen molar-refractivity contribution in [3.05, 3.63) is 36.0 Å². The highest BCUT2D eigenvalue weighted by Crippen LogP contribution is 2.28. The van der Waals surface area contributed by atoms with Gasteiger partial charge in [-0.15, -0.1) is 0 Å². The summed E-state index contributed by atoms with van der Waals surface area (Å²) in [7, 11) is 0. The summed E-state index contributed by atoms with van der Waals surface area (Å²) in [6.07, 6.45) is -1.77. The van der Waals surface area contributed by atoms with Gasteiger partial charge in [-0.1, -0.05) is 0 Å². The summed E-state index contributed by atoms with van der Waals surface area (Å²) in [6.45, 7) is 0.244. The summed E-state index contributed by atoms with van der Waals surface area (Å²) < 4.78 is 36.8. The molecule has 7 heteroatoms. The van der Waals surface area contributed by atoms with Gasteiger partial charge >= 0.3 is 6.18 Å². The average Bonchev–Trinajstić information content (AvgIpc) is 2.76. The number of alkyl halides is 3. The highest BCUT2D eigenvalue weighted by Gasteiger charge is 2.32. The Morgan fingerprint density at radius 1 is 1.18 bits per heavy atom. The van der Waals surface area contributed by atoms with Crippen LogP contribution in [0.3, 0.4) is 0 Å². The zero-order valence-corrected chi connectivity index (χ0v) is 8.62. The molecule has 17 heavy (non-hydrogen) atoms. The largest absolute Gasteiger partial charge is 0.433 e. The number of H-pyrrole nitrogens is 1. The lowest BCUT2D eigenvalue weighted by Gasteiger charge is -2.05. The Kier molecular flexibility index (Phi) is 2.84. The highest BCUT2D eigenvalue weighted by atomic mass is 19.4. The fraction of sp³-hybridized carbons (Fsp3) is 0.200. The molecule has 0 spiro atoms. The van der Waals surface area contributed by atoms with E-state index >= 15 is 0 Å². The van der Waals surface area contributed by atoms with Crippen molar-refractivity contribution in [1.29, 1.82) is 0 Å². The Balaban J connectivity index is 2.29. The van der Waals surface area contributed by atoms with Crippen LogP contribution in [0.1, 0.15) is 11.5 Å². The van der Waals surface area contributed by atoms with E-state index in [-0.39, 0.29) is 6.54 Å². The van der Waals surface area contributed by atoms with Crippen molar-refractivity contribution in [2.24, 2.45) is 5.73 Å². The monoisotopic (exact) mass is 242 g/mol. The lowest BCUT2D eigenvalue weighted by atomic mass is 10.2. The Morgan fingerprint density at radius 3 is 2.41 bits per heavy atom. The number of aromatic nitrogens is 3. The quantitative estimate of drug-likeness (QED) is 0.845. The standard InChI is InChI=1S/C10H9F3N4/c11-10(12,13)8-2-1-6(4-15-8)7-5-16-9(3-14)17-7/h1-2,4-5H,3,14H2,(H,16,17). The SMILES string of the molecule is NCc1ncc(-c2ccc(C(F)(F)F)nc2)[nH]1. The zero-order chi connectivity index (χ0) is 12.5. The molecule has 4 nitrogen and oxygen atoms in total. The molecule has 2 rings (SSSR count). The summed E-state index contributed by atoms with van der Waals surface area (Å²) in [5.41, 5.74) is 5.57. The van der Waals surface area contributed by atoms with Crippen molar-refractivity contribution in [1.82, 2.24) is 15.0 Å². The van der Waals surface area contributed by atoms with Crippen LogP contribution in [0.5, 0.6) is 0 Å². The predicted octanol–water partition coefficient (Wildman–Crippen LogP) is 1.95. The van der Waals surface area contributed by atoms with E-state index in [1.807, 2.05) is 0 Å². The minimum absolute atomic E-state index is 0.244. The fourth-order valence-corrected chi connectivity index (χ4v) is 1.33. The first-order chi connectivity index (χ1) is 8.00. The molecular weight excluding hydrogens is 233 g/mol. The van der Waals surface area contributed by atoms with Gasteiger partial charge in [0.25, 0.3) is 0 Å². The molecule has 0 amide bonds. The van der Waals surface area contributed by atoms with E-state index in [1.54, 1.807) is 0 Å². The van der Waals surface area contributed by atoms with Crippen LogP contribution in [0, 0.1) is 0 Å². The second-order valence-corrected chi connectivity index (χ2v) is 3.38. The molecule has 0 unspecified atom stereocenters. The molecule has 90 valence electrons. The van der Waals surface area contributed by atoms with Gasteiger partial charge in [-0.05, 0) is 12.1 Å². The third-order valence-electron chi connectivity index (χ3n) is 2.19. The van der Waals surface area contributed by atoms with Crippen molar-refractivity contribution in [3.63, 3.8) is 0 Å². The van der Waals surface area contributed by atoms with Crippen molar-refractivity contribution < 1.29 is 13.2 Å². The minimum Gasteiger partial charge on any atom is -0.341 e. The first-order valence-electron chi connectivity index (χ1n) is 4.78. The molecule has 0 saturated carbocycles. The summed E-state index contributed by atoms with van der Waals surface area (Å²) in [6, 6.07) is 2.27. The number of hydrogen-bond donors (Lipinski definition) is 2. The number of aromatic amines is 1. The summed E-state index contributed by atoms with van der Waals surface area (Å²) in [5.74, 6) is 0.569. The smallest absolute Gasteiger partial charge is 0.341 e. The molecule has 2 aromatic rings. The van der Waals surface area contributed by atoms with Gasteiger partial charge in [0.1, 0.15) is 11.5 Å². The number of nitrogens with one attached hydrogen (secondary N) is 1. The first kappa shape index (κ1) is 11.6. The van der Waals surface area contributed by atoms with Crippen molar-refractivity contribution >= 4 is 0 Å². The molecule has 0 aliphatic heterocycles. The van der Waals surface area contributed by atoms with Gasteiger partial charge in [0.2, 0.25) is 0 Å². The molecule has 0 radical (unpaired) electrons. The summed E-state index contributed by atoms with van der Waals surface area (Å²) in [5, 5.41) is 0. The van der Waals surface area contributed by atoms with E-state index in [0.29, 0.717) is 17.1 Å². The Hall–Kier alpha value is -1.89. The number of hydrogen-bond acceptors (Lipinski definition) is 3. The number of halogens is 3. The van der Waals surface area contributed by atoms with Gasteiger partial charge in [0, 0.05) is 11.8 Å². The van der Waals surface area contributed by atoms with Crippen LogP contribution >= 0.6 is 0 Å². The van der Waals surface area contributed by atoms with Crippen molar-refractivity contribution in [3.8, 4) is 11.3 Å². The van der Waals surface area contributed by atoms with Crippen LogP contribution in [0.4, 0.5) is 13.2 Å². The molecule has 0 aliphatic rings. The number of pyridine rings is 1. The van der Waals surface area contributed by atoms with E-state index in [4.69, 9.17) is 5.73 Å². The molecule has 0 fully saturated rings. The van der Waals surface area contributed by atoms with Gasteiger partial charge in [-0.25, -0.2) is 4.98 Å². The van der Waals surface area contributed by atoms with E-state index < -0.39 is 11.9 Å². The molecule has 0 bridgehead atoms.